The second-order valence-electron chi connectivity index (χ2n) is 7.73. The van der Waals surface area contributed by atoms with E-state index in [-0.39, 0.29) is 5.82 Å². The number of benzene rings is 5. The lowest BCUT2D eigenvalue weighted by Crippen LogP contribution is -2.31. The predicted octanol–water partition coefficient (Wildman–Crippen LogP) is 6.73. The molecule has 0 aliphatic rings. The van der Waals surface area contributed by atoms with Crippen LogP contribution in [0.5, 0.6) is 0 Å². The summed E-state index contributed by atoms with van der Waals surface area (Å²) in [7, 11) is -1.89. The molecule has 0 N–H and O–H groups in total. The molecule has 0 unspecified atom stereocenters. The number of hydrogen-bond acceptors (Lipinski definition) is 1. The molecule has 0 fully saturated rings. The van der Waals surface area contributed by atoms with Crippen LogP contribution in [-0.2, 0) is 0 Å². The first-order chi connectivity index (χ1) is 16.8. The van der Waals surface area contributed by atoms with E-state index in [0.29, 0.717) is 0 Å². The Morgan fingerprint density at radius 2 is 0.676 bits per heavy atom. The third kappa shape index (κ3) is 4.95. The minimum Gasteiger partial charge on any atom is -0.313 e. The van der Waals surface area contributed by atoms with E-state index in [1.54, 1.807) is 12.1 Å². The maximum atomic E-state index is 14.0. The van der Waals surface area contributed by atoms with E-state index >= 15 is 0 Å². The average Bonchev–Trinajstić information content (AvgIpc) is 2.91. The highest BCUT2D eigenvalue weighted by Crippen LogP contribution is 2.56. The van der Waals surface area contributed by atoms with Crippen LogP contribution in [0.25, 0.3) is 0 Å². The van der Waals surface area contributed by atoms with Crippen LogP contribution in [0.4, 0.5) is 10.1 Å². The molecule has 166 valence electrons. The molecule has 0 spiro atoms. The van der Waals surface area contributed by atoms with Gasteiger partial charge in [-0.25, -0.2) is 4.39 Å². The fraction of sp³-hybridized carbons (Fsp3) is 0. The van der Waals surface area contributed by atoms with E-state index in [9.17, 15) is 4.39 Å². The van der Waals surface area contributed by atoms with Crippen molar-refractivity contribution in [2.75, 3.05) is 4.44 Å². The smallest absolute Gasteiger partial charge is 0.123 e. The first-order valence-electron chi connectivity index (χ1n) is 11.2. The molecule has 1 nitrogen and oxygen atoms in total. The monoisotopic (exact) mass is 479 g/mol. The summed E-state index contributed by atoms with van der Waals surface area (Å²) < 4.78 is 16.6. The van der Waals surface area contributed by atoms with Gasteiger partial charge in [-0.2, -0.15) is 0 Å². The van der Waals surface area contributed by atoms with Crippen LogP contribution < -0.4 is 25.7 Å². The summed E-state index contributed by atoms with van der Waals surface area (Å²) in [6.07, 6.45) is 0. The molecule has 0 amide bonds. The number of hydrogen-bond donors (Lipinski definition) is 0. The summed E-state index contributed by atoms with van der Waals surface area (Å²) >= 11 is 0. The molecule has 5 rings (SSSR count). The highest BCUT2D eigenvalue weighted by molar-refractivity contribution is 7.90. The lowest BCUT2D eigenvalue weighted by atomic mass is 10.3. The van der Waals surface area contributed by atoms with Crippen LogP contribution in [-0.4, -0.2) is 0 Å². The van der Waals surface area contributed by atoms with E-state index in [1.807, 2.05) is 12.1 Å². The Hall–Kier alpha value is -3.31. The van der Waals surface area contributed by atoms with Crippen LogP contribution in [0.15, 0.2) is 146 Å². The molecule has 0 heterocycles. The van der Waals surface area contributed by atoms with Gasteiger partial charge < -0.3 is 4.44 Å². The number of rotatable bonds is 7. The quantitative estimate of drug-likeness (QED) is 0.234. The second-order valence-corrected chi connectivity index (χ2v) is 12.2. The molecule has 0 saturated carbocycles. The van der Waals surface area contributed by atoms with Crippen molar-refractivity contribution in [1.29, 1.82) is 0 Å². The Balaban J connectivity index is 1.79. The van der Waals surface area contributed by atoms with E-state index in [1.165, 1.54) is 21.2 Å². The zero-order valence-electron chi connectivity index (χ0n) is 18.6. The largest absolute Gasteiger partial charge is 0.313 e. The van der Waals surface area contributed by atoms with Crippen molar-refractivity contribution < 1.29 is 4.39 Å². The Morgan fingerprint density at radius 1 is 0.382 bits per heavy atom. The van der Waals surface area contributed by atoms with Gasteiger partial charge in [0.25, 0.3) is 0 Å². The summed E-state index contributed by atoms with van der Waals surface area (Å²) in [5.41, 5.74) is 1.01. The fourth-order valence-electron chi connectivity index (χ4n) is 3.91. The minimum absolute atomic E-state index is 0.226. The van der Waals surface area contributed by atoms with Crippen LogP contribution in [0.3, 0.4) is 0 Å². The molecule has 0 aliphatic carbocycles. The Morgan fingerprint density at radius 3 is 0.971 bits per heavy atom. The highest BCUT2D eigenvalue weighted by Gasteiger charge is 2.32. The van der Waals surface area contributed by atoms with E-state index in [4.69, 9.17) is 0 Å². The maximum absolute atomic E-state index is 14.0. The zero-order valence-corrected chi connectivity index (χ0v) is 20.4. The van der Waals surface area contributed by atoms with Crippen molar-refractivity contribution in [3.05, 3.63) is 151 Å². The molecule has 0 saturated heterocycles. The molecular formula is C30H24FNP2. The summed E-state index contributed by atoms with van der Waals surface area (Å²) in [6, 6.07) is 49.7. The first kappa shape index (κ1) is 22.5. The number of anilines is 1. The summed E-state index contributed by atoms with van der Waals surface area (Å²) in [5.74, 6) is -0.226. The van der Waals surface area contributed by atoms with E-state index < -0.39 is 16.1 Å². The molecule has 0 aromatic heterocycles. The molecule has 0 aliphatic heterocycles. The van der Waals surface area contributed by atoms with Gasteiger partial charge in [-0.05, 0) is 24.3 Å². The molecular weight excluding hydrogens is 455 g/mol. The van der Waals surface area contributed by atoms with E-state index in [0.717, 1.165) is 5.69 Å². The van der Waals surface area contributed by atoms with Crippen molar-refractivity contribution in [1.82, 2.24) is 0 Å². The topological polar surface area (TPSA) is 3.24 Å². The Bertz CT molecular complexity index is 1140. The van der Waals surface area contributed by atoms with Gasteiger partial charge in [0.1, 0.15) is 5.82 Å². The molecule has 5 aromatic carbocycles. The first-order valence-corrected chi connectivity index (χ1v) is 13.8. The van der Waals surface area contributed by atoms with Gasteiger partial charge in [0.05, 0.1) is 16.1 Å². The van der Waals surface area contributed by atoms with E-state index in [2.05, 4.69) is 126 Å². The zero-order chi connectivity index (χ0) is 23.2. The fourth-order valence-corrected chi connectivity index (χ4v) is 9.88. The number of nitrogens with zero attached hydrogens (tertiary/aromatic N) is 1. The molecule has 5 aromatic rings. The normalized spacial score (nSPS) is 11.0. The van der Waals surface area contributed by atoms with Crippen molar-refractivity contribution >= 4 is 43.1 Å². The highest BCUT2D eigenvalue weighted by atomic mass is 31.2. The van der Waals surface area contributed by atoms with Gasteiger partial charge in [-0.15, -0.1) is 0 Å². The predicted molar refractivity (Wildman–Crippen MR) is 147 cm³/mol. The van der Waals surface area contributed by atoms with Gasteiger partial charge in [-0.3, -0.25) is 0 Å². The summed E-state index contributed by atoms with van der Waals surface area (Å²) in [5, 5.41) is 5.03. The van der Waals surface area contributed by atoms with Gasteiger partial charge in [0, 0.05) is 26.9 Å². The van der Waals surface area contributed by atoms with Crippen LogP contribution in [0, 0.1) is 5.82 Å². The average molecular weight is 479 g/mol. The lowest BCUT2D eigenvalue weighted by molar-refractivity contribution is 0.628. The van der Waals surface area contributed by atoms with Crippen LogP contribution in [0.1, 0.15) is 0 Å². The summed E-state index contributed by atoms with van der Waals surface area (Å²) in [4.78, 5) is 0. The lowest BCUT2D eigenvalue weighted by Gasteiger charge is -2.40. The summed E-state index contributed by atoms with van der Waals surface area (Å²) in [6.45, 7) is 0. The molecule has 4 heteroatoms. The van der Waals surface area contributed by atoms with Gasteiger partial charge >= 0.3 is 0 Å². The molecule has 34 heavy (non-hydrogen) atoms. The molecule has 0 atom stereocenters. The third-order valence-corrected chi connectivity index (χ3v) is 10.9. The van der Waals surface area contributed by atoms with Crippen molar-refractivity contribution in [2.24, 2.45) is 0 Å². The third-order valence-electron chi connectivity index (χ3n) is 5.44. The van der Waals surface area contributed by atoms with Gasteiger partial charge in [-0.1, -0.05) is 121 Å². The SMILES string of the molecule is Fc1ccc(N(P(c2ccccc2)c2ccccc2)P(c2ccccc2)c2ccccc2)cc1. The Kier molecular flexibility index (Phi) is 7.10. The molecule has 0 radical (unpaired) electrons. The standard InChI is InChI=1S/C30H24FNP2/c31-25-21-23-26(24-22-25)32(33(27-13-5-1-6-14-27)28-15-7-2-8-16-28)34(29-17-9-3-10-18-29)30-19-11-4-12-20-30/h1-24H. The van der Waals surface area contributed by atoms with Gasteiger partial charge in [0.2, 0.25) is 0 Å². The van der Waals surface area contributed by atoms with Crippen LogP contribution in [0.2, 0.25) is 0 Å². The van der Waals surface area contributed by atoms with Crippen molar-refractivity contribution in [3.8, 4) is 0 Å². The molecule has 0 bridgehead atoms. The maximum Gasteiger partial charge on any atom is 0.123 e. The van der Waals surface area contributed by atoms with Crippen molar-refractivity contribution in [3.63, 3.8) is 0 Å². The van der Waals surface area contributed by atoms with Gasteiger partial charge in [0.15, 0.2) is 0 Å². The minimum atomic E-state index is -0.947. The second kappa shape index (κ2) is 10.7. The van der Waals surface area contributed by atoms with Crippen molar-refractivity contribution in [2.45, 2.75) is 0 Å². The van der Waals surface area contributed by atoms with Crippen LogP contribution >= 0.6 is 16.1 Å². The Labute approximate surface area is 203 Å². The number of halogens is 1.